The molecule has 3 aromatic carbocycles. The van der Waals surface area contributed by atoms with Crippen molar-refractivity contribution in [2.45, 2.75) is 38.8 Å². The summed E-state index contributed by atoms with van der Waals surface area (Å²) in [6.45, 7) is 5.64. The Kier molecular flexibility index (Phi) is 6.07. The average Bonchev–Trinajstić information content (AvgIpc) is 3.37. The molecule has 0 aromatic heterocycles. The maximum Gasteiger partial charge on any atom is 0.180 e. The Labute approximate surface area is 242 Å². The highest BCUT2D eigenvalue weighted by atomic mass is 79.9. The van der Waals surface area contributed by atoms with Crippen LogP contribution in [0.25, 0.3) is 6.08 Å². The summed E-state index contributed by atoms with van der Waals surface area (Å²) in [5, 5.41) is 0. The summed E-state index contributed by atoms with van der Waals surface area (Å²) in [6.07, 6.45) is 3.88. The molecule has 3 aliphatic rings. The summed E-state index contributed by atoms with van der Waals surface area (Å²) in [7, 11) is 3.12. The van der Waals surface area contributed by atoms with E-state index in [0.717, 1.165) is 15.7 Å². The van der Waals surface area contributed by atoms with Gasteiger partial charge in [0.1, 0.15) is 16.9 Å². The van der Waals surface area contributed by atoms with E-state index >= 15 is 0 Å². The number of ketones is 3. The monoisotopic (exact) mass is 599 g/mol. The van der Waals surface area contributed by atoms with Crippen LogP contribution in [-0.4, -0.2) is 43.7 Å². The van der Waals surface area contributed by atoms with Gasteiger partial charge in [0, 0.05) is 38.2 Å². The fourth-order valence-electron chi connectivity index (χ4n) is 6.82. The number of rotatable bonds is 4. The van der Waals surface area contributed by atoms with Gasteiger partial charge in [-0.05, 0) is 42.0 Å². The molecule has 40 heavy (non-hydrogen) atoms. The van der Waals surface area contributed by atoms with Crippen LogP contribution in [0.2, 0.25) is 0 Å². The number of fused-ring (bicyclic) bond motifs is 5. The standard InChI is InChI=1S/C33H30BrNO5/c1-32(2,3)31(38)28-27(23-17-20(39-4)12-14-25(23)40-5)33(29(36)21-8-6-7-9-22(21)30(33)37)26-15-10-18-16-19(34)11-13-24(18)35(26)28/h6-17,26-28H,1-5H3/t26-,27+,28+/m1/s1. The zero-order chi connectivity index (χ0) is 28.6. The van der Waals surface area contributed by atoms with E-state index in [9.17, 15) is 14.4 Å². The lowest BCUT2D eigenvalue weighted by Crippen LogP contribution is -2.49. The van der Waals surface area contributed by atoms with Crippen LogP contribution < -0.4 is 14.4 Å². The second-order valence-electron chi connectivity index (χ2n) is 11.6. The highest BCUT2D eigenvalue weighted by Crippen LogP contribution is 2.62. The molecule has 0 saturated carbocycles. The molecule has 1 aliphatic carbocycles. The summed E-state index contributed by atoms with van der Waals surface area (Å²) in [4.78, 5) is 46.1. The van der Waals surface area contributed by atoms with Crippen molar-refractivity contribution < 1.29 is 23.9 Å². The van der Waals surface area contributed by atoms with E-state index in [1.807, 2.05) is 62.1 Å². The molecule has 2 aliphatic heterocycles. The van der Waals surface area contributed by atoms with Gasteiger partial charge in [-0.1, -0.05) is 73.1 Å². The van der Waals surface area contributed by atoms with E-state index in [-0.39, 0.29) is 17.3 Å². The normalized spacial score (nSPS) is 22.2. The first-order chi connectivity index (χ1) is 19.0. The van der Waals surface area contributed by atoms with Crippen molar-refractivity contribution in [1.29, 1.82) is 0 Å². The van der Waals surface area contributed by atoms with Gasteiger partial charge >= 0.3 is 0 Å². The number of nitrogens with zero attached hydrogens (tertiary/aromatic N) is 1. The number of ether oxygens (including phenoxy) is 2. The second-order valence-corrected chi connectivity index (χ2v) is 12.5. The Morgan fingerprint density at radius 2 is 1.60 bits per heavy atom. The molecule has 1 saturated heterocycles. The third kappa shape index (κ3) is 3.49. The lowest BCUT2D eigenvalue weighted by molar-refractivity contribution is -0.127. The highest BCUT2D eigenvalue weighted by Gasteiger charge is 2.72. The fourth-order valence-corrected chi connectivity index (χ4v) is 7.20. The Balaban J connectivity index is 1.74. The molecule has 0 radical (unpaired) electrons. The van der Waals surface area contributed by atoms with Crippen molar-refractivity contribution in [3.05, 3.63) is 93.5 Å². The molecule has 1 fully saturated rings. The van der Waals surface area contributed by atoms with E-state index in [2.05, 4.69) is 15.9 Å². The van der Waals surface area contributed by atoms with E-state index in [1.165, 1.54) is 0 Å². The summed E-state index contributed by atoms with van der Waals surface area (Å²) in [5.74, 6) is -0.410. The number of hydrogen-bond donors (Lipinski definition) is 0. The van der Waals surface area contributed by atoms with Crippen LogP contribution in [-0.2, 0) is 4.79 Å². The van der Waals surface area contributed by atoms with Gasteiger partial charge in [0.15, 0.2) is 17.3 Å². The molecule has 6 nitrogen and oxygen atoms in total. The van der Waals surface area contributed by atoms with E-state index in [1.54, 1.807) is 50.6 Å². The van der Waals surface area contributed by atoms with E-state index in [0.29, 0.717) is 28.2 Å². The molecule has 6 rings (SSSR count). The minimum atomic E-state index is -1.59. The van der Waals surface area contributed by atoms with Crippen LogP contribution in [0.4, 0.5) is 5.69 Å². The minimum absolute atomic E-state index is 0.0648. The number of hydrogen-bond acceptors (Lipinski definition) is 6. The second kappa shape index (κ2) is 9.16. The van der Waals surface area contributed by atoms with Gasteiger partial charge < -0.3 is 14.4 Å². The molecular weight excluding hydrogens is 570 g/mol. The molecule has 0 amide bonds. The van der Waals surface area contributed by atoms with Gasteiger partial charge in [-0.3, -0.25) is 14.4 Å². The maximum atomic E-state index is 14.7. The van der Waals surface area contributed by atoms with Gasteiger partial charge in [-0.2, -0.15) is 0 Å². The predicted molar refractivity (Wildman–Crippen MR) is 158 cm³/mol. The topological polar surface area (TPSA) is 72.9 Å². The number of carbonyl (C=O) groups excluding carboxylic acids is 3. The van der Waals surface area contributed by atoms with Gasteiger partial charge in [0.2, 0.25) is 0 Å². The zero-order valence-corrected chi connectivity index (χ0v) is 24.6. The minimum Gasteiger partial charge on any atom is -0.497 e. The van der Waals surface area contributed by atoms with Crippen molar-refractivity contribution in [3.63, 3.8) is 0 Å². The summed E-state index contributed by atoms with van der Waals surface area (Å²) < 4.78 is 12.3. The van der Waals surface area contributed by atoms with Crippen LogP contribution in [0.3, 0.4) is 0 Å². The van der Waals surface area contributed by atoms with Gasteiger partial charge in [-0.15, -0.1) is 0 Å². The van der Waals surface area contributed by atoms with Crippen molar-refractivity contribution in [1.82, 2.24) is 0 Å². The van der Waals surface area contributed by atoms with E-state index in [4.69, 9.17) is 9.47 Å². The Hall–Kier alpha value is -3.71. The molecule has 7 heteroatoms. The largest absolute Gasteiger partial charge is 0.497 e. The van der Waals surface area contributed by atoms with Crippen molar-refractivity contribution in [3.8, 4) is 11.5 Å². The average molecular weight is 601 g/mol. The molecule has 2 heterocycles. The fraction of sp³-hybridized carbons (Fsp3) is 0.303. The number of anilines is 1. The van der Waals surface area contributed by atoms with Gasteiger partial charge in [0.05, 0.1) is 26.3 Å². The third-order valence-electron chi connectivity index (χ3n) is 8.55. The van der Waals surface area contributed by atoms with Crippen LogP contribution in [0.15, 0.2) is 71.2 Å². The molecular formula is C33H30BrNO5. The molecule has 3 aromatic rings. The molecule has 1 spiro atoms. The van der Waals surface area contributed by atoms with Crippen LogP contribution in [0.5, 0.6) is 11.5 Å². The molecule has 0 unspecified atom stereocenters. The van der Waals surface area contributed by atoms with Crippen molar-refractivity contribution in [2.75, 3.05) is 19.1 Å². The first kappa shape index (κ1) is 26.5. The van der Waals surface area contributed by atoms with Crippen LogP contribution in [0, 0.1) is 10.8 Å². The van der Waals surface area contributed by atoms with Crippen LogP contribution in [0.1, 0.15) is 58.5 Å². The number of benzene rings is 3. The lowest BCUT2D eigenvalue weighted by atomic mass is 9.63. The number of carbonyl (C=O) groups is 3. The van der Waals surface area contributed by atoms with Gasteiger partial charge in [0.25, 0.3) is 0 Å². The molecule has 3 atom stereocenters. The van der Waals surface area contributed by atoms with Gasteiger partial charge in [-0.25, -0.2) is 0 Å². The summed E-state index contributed by atoms with van der Waals surface area (Å²) in [6, 6.07) is 16.7. The predicted octanol–water partition coefficient (Wildman–Crippen LogP) is 6.51. The van der Waals surface area contributed by atoms with Crippen LogP contribution >= 0.6 is 15.9 Å². The lowest BCUT2D eigenvalue weighted by Gasteiger charge is -2.38. The molecule has 0 N–H and O–H groups in total. The Morgan fingerprint density at radius 1 is 0.925 bits per heavy atom. The number of methoxy groups -OCH3 is 2. The summed E-state index contributed by atoms with van der Waals surface area (Å²) >= 11 is 3.56. The summed E-state index contributed by atoms with van der Waals surface area (Å²) in [5.41, 5.74) is 0.728. The highest BCUT2D eigenvalue weighted by molar-refractivity contribution is 9.10. The smallest absolute Gasteiger partial charge is 0.180 e. The zero-order valence-electron chi connectivity index (χ0n) is 23.0. The quantitative estimate of drug-likeness (QED) is 0.318. The first-order valence-corrected chi connectivity index (χ1v) is 14.1. The third-order valence-corrected chi connectivity index (χ3v) is 9.04. The Bertz CT molecular complexity index is 1580. The molecule has 204 valence electrons. The van der Waals surface area contributed by atoms with Crippen molar-refractivity contribution in [2.24, 2.45) is 10.8 Å². The maximum absolute atomic E-state index is 14.7. The first-order valence-electron chi connectivity index (χ1n) is 13.3. The van der Waals surface area contributed by atoms with E-state index < -0.39 is 28.8 Å². The van der Waals surface area contributed by atoms with Crippen molar-refractivity contribution >= 4 is 45.0 Å². The number of Topliss-reactive ketones (excluding diaryl/α,β-unsaturated/α-hetero) is 3. The SMILES string of the molecule is COc1ccc(OC)c([C@H]2[C@@H](C(=O)C(C)(C)C)N3c4ccc(Br)cc4C=C[C@@H]3C23C(=O)c2ccccc2C3=O)c1. The number of halogens is 1. The Morgan fingerprint density at radius 3 is 2.20 bits per heavy atom. The molecule has 0 bridgehead atoms.